The molecule has 0 aliphatic carbocycles. The zero-order valence-corrected chi connectivity index (χ0v) is 12.6. The number of anilines is 1. The second-order valence-corrected chi connectivity index (χ2v) is 5.36. The minimum atomic E-state index is -0.391. The number of benzene rings is 1. The highest BCUT2D eigenvalue weighted by molar-refractivity contribution is 7.99. The zero-order chi connectivity index (χ0) is 15.4. The predicted molar refractivity (Wildman–Crippen MR) is 80.0 cm³/mol. The second-order valence-electron chi connectivity index (χ2n) is 4.42. The summed E-state index contributed by atoms with van der Waals surface area (Å²) in [7, 11) is 0. The Morgan fingerprint density at radius 3 is 2.90 bits per heavy atom. The average Bonchev–Trinajstić information content (AvgIpc) is 2.81. The molecule has 1 heterocycles. The molecule has 2 aromatic rings. The van der Waals surface area contributed by atoms with Gasteiger partial charge in [0.2, 0.25) is 11.1 Å². The Hall–Kier alpha value is -2.09. The molecule has 0 atom stereocenters. The lowest BCUT2D eigenvalue weighted by atomic mass is 10.2. The van der Waals surface area contributed by atoms with Crippen molar-refractivity contribution in [1.29, 1.82) is 0 Å². The highest BCUT2D eigenvalue weighted by Gasteiger charge is 2.12. The predicted octanol–water partition coefficient (Wildman–Crippen LogP) is 1.73. The van der Waals surface area contributed by atoms with Crippen molar-refractivity contribution in [2.45, 2.75) is 25.4 Å². The van der Waals surface area contributed by atoms with Crippen LogP contribution in [0.15, 0.2) is 23.4 Å². The van der Waals surface area contributed by atoms with Crippen molar-refractivity contribution >= 4 is 23.4 Å². The second kappa shape index (κ2) is 6.57. The molecule has 0 unspecified atom stereocenters. The molecule has 21 heavy (non-hydrogen) atoms. The van der Waals surface area contributed by atoms with Crippen LogP contribution in [0.3, 0.4) is 0 Å². The van der Waals surface area contributed by atoms with E-state index in [2.05, 4.69) is 15.5 Å². The molecule has 2 rings (SSSR count). The number of carbonyl (C=O) groups is 1. The van der Waals surface area contributed by atoms with Gasteiger partial charge in [-0.05, 0) is 24.6 Å². The van der Waals surface area contributed by atoms with Gasteiger partial charge >= 0.3 is 0 Å². The Balaban J connectivity index is 1.96. The SMILES string of the molecule is CCc1nnc(SCC(=O)Nc2cc(F)ccc2C)n1N. The Bertz CT molecular complexity index is 658. The molecule has 3 N–H and O–H groups in total. The monoisotopic (exact) mass is 309 g/mol. The van der Waals surface area contributed by atoms with Gasteiger partial charge in [-0.3, -0.25) is 4.79 Å². The van der Waals surface area contributed by atoms with Gasteiger partial charge in [0, 0.05) is 12.1 Å². The summed E-state index contributed by atoms with van der Waals surface area (Å²) in [5.41, 5.74) is 1.26. The fourth-order valence-corrected chi connectivity index (χ4v) is 2.37. The van der Waals surface area contributed by atoms with Crippen LogP contribution in [-0.4, -0.2) is 26.5 Å². The van der Waals surface area contributed by atoms with Gasteiger partial charge in [0.05, 0.1) is 5.75 Å². The number of aromatic nitrogens is 3. The lowest BCUT2D eigenvalue weighted by molar-refractivity contribution is -0.113. The number of nitrogens with one attached hydrogen (secondary N) is 1. The Labute approximate surface area is 125 Å². The van der Waals surface area contributed by atoms with Crippen molar-refractivity contribution < 1.29 is 9.18 Å². The van der Waals surface area contributed by atoms with E-state index in [1.54, 1.807) is 13.0 Å². The van der Waals surface area contributed by atoms with Gasteiger partial charge in [0.1, 0.15) is 5.82 Å². The van der Waals surface area contributed by atoms with Crippen molar-refractivity contribution in [3.8, 4) is 0 Å². The normalized spacial score (nSPS) is 10.6. The van der Waals surface area contributed by atoms with Gasteiger partial charge in [-0.25, -0.2) is 9.07 Å². The van der Waals surface area contributed by atoms with E-state index in [-0.39, 0.29) is 11.7 Å². The van der Waals surface area contributed by atoms with Crippen molar-refractivity contribution in [1.82, 2.24) is 14.9 Å². The van der Waals surface area contributed by atoms with Crippen LogP contribution >= 0.6 is 11.8 Å². The molecule has 0 radical (unpaired) electrons. The summed E-state index contributed by atoms with van der Waals surface area (Å²) in [5.74, 6) is 5.91. The lowest BCUT2D eigenvalue weighted by Gasteiger charge is -2.08. The number of thioether (sulfide) groups is 1. The van der Waals surface area contributed by atoms with E-state index in [9.17, 15) is 9.18 Å². The van der Waals surface area contributed by atoms with Crippen molar-refractivity contribution in [3.05, 3.63) is 35.4 Å². The summed E-state index contributed by atoms with van der Waals surface area (Å²) in [6.07, 6.45) is 0.665. The maximum atomic E-state index is 13.1. The van der Waals surface area contributed by atoms with Crippen molar-refractivity contribution in [2.75, 3.05) is 16.9 Å². The number of nitrogen functional groups attached to an aromatic ring is 1. The van der Waals surface area contributed by atoms with Crippen LogP contribution in [0.5, 0.6) is 0 Å². The Morgan fingerprint density at radius 2 is 2.24 bits per heavy atom. The molecule has 0 aliphatic rings. The van der Waals surface area contributed by atoms with E-state index in [0.29, 0.717) is 23.1 Å². The van der Waals surface area contributed by atoms with Gasteiger partial charge in [-0.2, -0.15) is 0 Å². The number of halogens is 1. The highest BCUT2D eigenvalue weighted by atomic mass is 32.2. The number of aryl methyl sites for hydroxylation is 2. The summed E-state index contributed by atoms with van der Waals surface area (Å²) in [4.78, 5) is 11.9. The van der Waals surface area contributed by atoms with Crippen molar-refractivity contribution in [3.63, 3.8) is 0 Å². The Morgan fingerprint density at radius 1 is 1.48 bits per heavy atom. The van der Waals surface area contributed by atoms with Crippen LogP contribution in [0.25, 0.3) is 0 Å². The molecule has 0 bridgehead atoms. The third kappa shape index (κ3) is 3.72. The molecular formula is C13H16FN5OS. The maximum absolute atomic E-state index is 13.1. The van der Waals surface area contributed by atoms with E-state index in [0.717, 1.165) is 5.56 Å². The fraction of sp³-hybridized carbons (Fsp3) is 0.308. The molecule has 0 aliphatic heterocycles. The summed E-state index contributed by atoms with van der Waals surface area (Å²) in [5, 5.41) is 10.9. The van der Waals surface area contributed by atoms with E-state index < -0.39 is 5.82 Å². The summed E-state index contributed by atoms with van der Waals surface area (Å²) >= 11 is 1.18. The van der Waals surface area contributed by atoms with Crippen LogP contribution < -0.4 is 11.2 Å². The number of carbonyl (C=O) groups excluding carboxylic acids is 1. The van der Waals surface area contributed by atoms with E-state index in [1.165, 1.54) is 28.6 Å². The van der Waals surface area contributed by atoms with Gasteiger partial charge in [-0.15, -0.1) is 10.2 Å². The first-order chi connectivity index (χ1) is 10.0. The van der Waals surface area contributed by atoms with Crippen LogP contribution in [0, 0.1) is 12.7 Å². The number of nitrogens with zero attached hydrogens (tertiary/aromatic N) is 3. The molecule has 6 nitrogen and oxygen atoms in total. The first-order valence-electron chi connectivity index (χ1n) is 6.39. The lowest BCUT2D eigenvalue weighted by Crippen LogP contribution is -2.17. The third-order valence-corrected chi connectivity index (χ3v) is 3.80. The largest absolute Gasteiger partial charge is 0.336 e. The van der Waals surface area contributed by atoms with Gasteiger partial charge < -0.3 is 11.2 Å². The van der Waals surface area contributed by atoms with Crippen molar-refractivity contribution in [2.24, 2.45) is 0 Å². The van der Waals surface area contributed by atoms with Crippen LogP contribution in [-0.2, 0) is 11.2 Å². The van der Waals surface area contributed by atoms with Crippen LogP contribution in [0.2, 0.25) is 0 Å². The quantitative estimate of drug-likeness (QED) is 0.649. The fourth-order valence-electron chi connectivity index (χ4n) is 1.69. The molecular weight excluding hydrogens is 293 g/mol. The Kier molecular flexibility index (Phi) is 4.79. The van der Waals surface area contributed by atoms with E-state index >= 15 is 0 Å². The molecule has 1 aromatic carbocycles. The molecule has 8 heteroatoms. The summed E-state index contributed by atoms with van der Waals surface area (Å²) < 4.78 is 14.5. The maximum Gasteiger partial charge on any atom is 0.234 e. The van der Waals surface area contributed by atoms with Gasteiger partial charge in [0.25, 0.3) is 0 Å². The molecule has 0 saturated heterocycles. The standard InChI is InChI=1S/C13H16FN5OS/c1-3-11-17-18-13(19(11)15)21-7-12(20)16-10-6-9(14)5-4-8(10)2/h4-6H,3,7,15H2,1-2H3,(H,16,20). The number of hydrogen-bond donors (Lipinski definition) is 2. The van der Waals surface area contributed by atoms with E-state index in [1.807, 2.05) is 6.92 Å². The third-order valence-electron chi connectivity index (χ3n) is 2.86. The summed E-state index contributed by atoms with van der Waals surface area (Å²) in [6, 6.07) is 4.25. The molecule has 0 saturated carbocycles. The first kappa shape index (κ1) is 15.3. The first-order valence-corrected chi connectivity index (χ1v) is 7.38. The average molecular weight is 309 g/mol. The number of rotatable bonds is 5. The molecule has 112 valence electrons. The zero-order valence-electron chi connectivity index (χ0n) is 11.8. The smallest absolute Gasteiger partial charge is 0.234 e. The molecule has 1 aromatic heterocycles. The number of nitrogens with two attached hydrogens (primary N) is 1. The minimum Gasteiger partial charge on any atom is -0.336 e. The topological polar surface area (TPSA) is 85.8 Å². The molecule has 0 fully saturated rings. The highest BCUT2D eigenvalue weighted by Crippen LogP contribution is 2.18. The number of hydrogen-bond acceptors (Lipinski definition) is 5. The van der Waals surface area contributed by atoms with Crippen LogP contribution in [0.4, 0.5) is 10.1 Å². The summed E-state index contributed by atoms with van der Waals surface area (Å²) in [6.45, 7) is 3.72. The minimum absolute atomic E-state index is 0.120. The number of amides is 1. The van der Waals surface area contributed by atoms with Gasteiger partial charge in [0.15, 0.2) is 5.82 Å². The van der Waals surface area contributed by atoms with E-state index in [4.69, 9.17) is 5.84 Å². The van der Waals surface area contributed by atoms with Crippen LogP contribution in [0.1, 0.15) is 18.3 Å². The van der Waals surface area contributed by atoms with Gasteiger partial charge in [-0.1, -0.05) is 24.8 Å². The molecule has 0 spiro atoms. The molecule has 1 amide bonds.